The molecule has 0 bridgehead atoms. The lowest BCUT2D eigenvalue weighted by atomic mass is 9.74. The molecule has 2 aliphatic rings. The number of methoxy groups -OCH3 is 1. The lowest BCUT2D eigenvalue weighted by Crippen LogP contribution is -2.59. The van der Waals surface area contributed by atoms with E-state index in [9.17, 15) is 12.8 Å². The fourth-order valence-corrected chi connectivity index (χ4v) is 4.82. The van der Waals surface area contributed by atoms with Crippen molar-refractivity contribution in [2.75, 3.05) is 20.4 Å². The number of hydrogen-bond acceptors (Lipinski definition) is 4. The highest BCUT2D eigenvalue weighted by atomic mass is 32.2. The molecule has 0 aromatic carbocycles. The fraction of sp³-hybridized carbons (Fsp3) is 1.00. The minimum atomic E-state index is -3.48. The van der Waals surface area contributed by atoms with Crippen LogP contribution in [0, 0.1) is 0 Å². The van der Waals surface area contributed by atoms with E-state index in [4.69, 9.17) is 9.47 Å². The summed E-state index contributed by atoms with van der Waals surface area (Å²) in [6, 6.07) is 0. The normalized spacial score (nSPS) is 35.5. The molecule has 1 unspecified atom stereocenters. The molecular weight excluding hydrogens is 285 g/mol. The van der Waals surface area contributed by atoms with Crippen molar-refractivity contribution >= 4 is 10.0 Å². The Kier molecular flexibility index (Phi) is 4.19. The number of ether oxygens (including phenoxy) is 2. The zero-order chi connectivity index (χ0) is 15.2. The largest absolute Gasteiger partial charge is 0.359 e. The molecule has 20 heavy (non-hydrogen) atoms. The van der Waals surface area contributed by atoms with Gasteiger partial charge in [0, 0.05) is 19.2 Å². The Morgan fingerprint density at radius 1 is 1.30 bits per heavy atom. The molecule has 1 spiro atoms. The molecule has 0 N–H and O–H groups in total. The maximum atomic E-state index is 13.4. The molecule has 2 rings (SSSR count). The van der Waals surface area contributed by atoms with E-state index in [1.54, 1.807) is 20.8 Å². The Labute approximate surface area is 120 Å². The lowest BCUT2D eigenvalue weighted by molar-refractivity contribution is -0.0691. The quantitative estimate of drug-likeness (QED) is 0.742. The van der Waals surface area contributed by atoms with E-state index in [1.807, 2.05) is 0 Å². The van der Waals surface area contributed by atoms with Crippen LogP contribution < -0.4 is 0 Å². The summed E-state index contributed by atoms with van der Waals surface area (Å²) in [6.07, 6.45) is -0.0374. The molecule has 1 atom stereocenters. The van der Waals surface area contributed by atoms with E-state index in [2.05, 4.69) is 0 Å². The Morgan fingerprint density at radius 2 is 1.90 bits per heavy atom. The van der Waals surface area contributed by atoms with Crippen molar-refractivity contribution in [3.63, 3.8) is 0 Å². The molecule has 2 fully saturated rings. The Balaban J connectivity index is 2.22. The van der Waals surface area contributed by atoms with Gasteiger partial charge in [0.2, 0.25) is 10.0 Å². The number of hydrogen-bond donors (Lipinski definition) is 0. The van der Waals surface area contributed by atoms with Crippen LogP contribution in [0.15, 0.2) is 0 Å². The number of nitrogens with zero attached hydrogens (tertiary/aromatic N) is 1. The predicted octanol–water partition coefficient (Wildman–Crippen LogP) is 1.68. The first-order chi connectivity index (χ1) is 9.12. The van der Waals surface area contributed by atoms with Crippen LogP contribution in [0.25, 0.3) is 0 Å². The highest BCUT2D eigenvalue weighted by molar-refractivity contribution is 7.90. The molecule has 0 radical (unpaired) electrons. The first kappa shape index (κ1) is 16.1. The predicted molar refractivity (Wildman–Crippen MR) is 73.6 cm³/mol. The minimum Gasteiger partial charge on any atom is -0.359 e. The maximum Gasteiger partial charge on any atom is 0.219 e. The Hall–Kier alpha value is -0.240. The van der Waals surface area contributed by atoms with Gasteiger partial charge in [0.25, 0.3) is 0 Å². The summed E-state index contributed by atoms with van der Waals surface area (Å²) in [5, 5.41) is 0. The van der Waals surface area contributed by atoms with Crippen LogP contribution in [-0.4, -0.2) is 55.7 Å². The molecule has 118 valence electrons. The van der Waals surface area contributed by atoms with Crippen molar-refractivity contribution in [2.24, 2.45) is 0 Å². The van der Waals surface area contributed by atoms with E-state index < -0.39 is 26.5 Å². The smallest absolute Gasteiger partial charge is 0.219 e. The second kappa shape index (κ2) is 5.19. The first-order valence-electron chi connectivity index (χ1n) is 6.89. The van der Waals surface area contributed by atoms with Gasteiger partial charge in [-0.05, 0) is 40.0 Å². The lowest BCUT2D eigenvalue weighted by Gasteiger charge is -2.48. The van der Waals surface area contributed by atoms with Gasteiger partial charge in [-0.2, -0.15) is 4.31 Å². The third-order valence-electron chi connectivity index (χ3n) is 4.19. The van der Waals surface area contributed by atoms with Gasteiger partial charge in [-0.25, -0.2) is 12.8 Å². The molecule has 1 saturated heterocycles. The molecule has 1 saturated carbocycles. The zero-order valence-corrected chi connectivity index (χ0v) is 13.4. The van der Waals surface area contributed by atoms with E-state index in [1.165, 1.54) is 11.4 Å². The summed E-state index contributed by atoms with van der Waals surface area (Å²) in [7, 11) is -1.96. The monoisotopic (exact) mass is 309 g/mol. The van der Waals surface area contributed by atoms with Crippen molar-refractivity contribution in [1.29, 1.82) is 0 Å². The summed E-state index contributed by atoms with van der Waals surface area (Å²) in [5.74, 6) is 0. The second-order valence-corrected chi connectivity index (χ2v) is 9.39. The highest BCUT2D eigenvalue weighted by Crippen LogP contribution is 2.50. The minimum absolute atomic E-state index is 0.128. The number of halogens is 1. The second-order valence-electron chi connectivity index (χ2n) is 6.78. The van der Waals surface area contributed by atoms with E-state index in [-0.39, 0.29) is 32.3 Å². The molecule has 5 nitrogen and oxygen atoms in total. The zero-order valence-electron chi connectivity index (χ0n) is 12.6. The third kappa shape index (κ3) is 2.61. The van der Waals surface area contributed by atoms with Crippen molar-refractivity contribution < 1.29 is 22.3 Å². The third-order valence-corrected chi connectivity index (χ3v) is 6.86. The van der Waals surface area contributed by atoms with Crippen LogP contribution in [0.5, 0.6) is 0 Å². The van der Waals surface area contributed by atoms with Gasteiger partial charge in [-0.1, -0.05) is 0 Å². The van der Waals surface area contributed by atoms with E-state index in [0.29, 0.717) is 6.42 Å². The van der Waals surface area contributed by atoms with Crippen LogP contribution >= 0.6 is 0 Å². The maximum absolute atomic E-state index is 13.4. The van der Waals surface area contributed by atoms with Crippen LogP contribution in [-0.2, 0) is 19.5 Å². The topological polar surface area (TPSA) is 55.8 Å². The van der Waals surface area contributed by atoms with Gasteiger partial charge >= 0.3 is 0 Å². The van der Waals surface area contributed by atoms with Crippen molar-refractivity contribution in [2.45, 2.75) is 62.6 Å². The Bertz CT molecular complexity index is 453. The standard InChI is InChI=1S/C13H24FNO4S/c1-12(2,3)20(16,17)15-8-11(19-9-18-4)7-13(15)5-10(14)6-13/h10-11H,5-9H2,1-4H3. The molecular formula is C13H24FNO4S. The molecule has 1 aliphatic carbocycles. The summed E-state index contributed by atoms with van der Waals surface area (Å²) < 4.78 is 49.7. The van der Waals surface area contributed by atoms with E-state index in [0.717, 1.165) is 0 Å². The number of alkyl halides is 1. The van der Waals surface area contributed by atoms with Crippen molar-refractivity contribution in [3.05, 3.63) is 0 Å². The Morgan fingerprint density at radius 3 is 2.35 bits per heavy atom. The van der Waals surface area contributed by atoms with Crippen LogP contribution in [0.3, 0.4) is 0 Å². The van der Waals surface area contributed by atoms with Gasteiger partial charge in [0.15, 0.2) is 0 Å². The summed E-state index contributed by atoms with van der Waals surface area (Å²) in [4.78, 5) is 0. The average Bonchev–Trinajstić information content (AvgIpc) is 2.64. The van der Waals surface area contributed by atoms with Gasteiger partial charge in [-0.15, -0.1) is 0 Å². The number of sulfonamides is 1. The molecule has 1 heterocycles. The van der Waals surface area contributed by atoms with Gasteiger partial charge in [0.05, 0.1) is 10.9 Å². The SMILES string of the molecule is COCOC1CN(S(=O)(=O)C(C)(C)C)C2(CC(F)C2)C1. The van der Waals surface area contributed by atoms with Crippen molar-refractivity contribution in [1.82, 2.24) is 4.31 Å². The van der Waals surface area contributed by atoms with Crippen LogP contribution in [0.2, 0.25) is 0 Å². The molecule has 0 amide bonds. The van der Waals surface area contributed by atoms with Crippen LogP contribution in [0.1, 0.15) is 40.0 Å². The van der Waals surface area contributed by atoms with Gasteiger partial charge in [-0.3, -0.25) is 0 Å². The van der Waals surface area contributed by atoms with Crippen molar-refractivity contribution in [3.8, 4) is 0 Å². The average molecular weight is 309 g/mol. The summed E-state index contributed by atoms with van der Waals surface area (Å²) >= 11 is 0. The fourth-order valence-electron chi connectivity index (χ4n) is 3.06. The van der Waals surface area contributed by atoms with Crippen LogP contribution in [0.4, 0.5) is 4.39 Å². The van der Waals surface area contributed by atoms with Gasteiger partial charge in [0.1, 0.15) is 13.0 Å². The summed E-state index contributed by atoms with van der Waals surface area (Å²) in [6.45, 7) is 5.43. The summed E-state index contributed by atoms with van der Waals surface area (Å²) in [5.41, 5.74) is -0.593. The highest BCUT2D eigenvalue weighted by Gasteiger charge is 2.60. The molecule has 0 aromatic rings. The first-order valence-corrected chi connectivity index (χ1v) is 8.33. The van der Waals surface area contributed by atoms with E-state index >= 15 is 0 Å². The number of rotatable bonds is 4. The molecule has 0 aromatic heterocycles. The molecule has 7 heteroatoms. The van der Waals surface area contributed by atoms with Gasteiger partial charge < -0.3 is 9.47 Å². The molecule has 1 aliphatic heterocycles.